The molecule has 2 rings (SSSR count). The summed E-state index contributed by atoms with van der Waals surface area (Å²) >= 11 is 0. The van der Waals surface area contributed by atoms with Crippen molar-refractivity contribution >= 4 is 17.7 Å². The fourth-order valence-corrected chi connectivity index (χ4v) is 3.50. The molecule has 7 nitrogen and oxygen atoms in total. The van der Waals surface area contributed by atoms with E-state index < -0.39 is 54.1 Å². The van der Waals surface area contributed by atoms with Crippen LogP contribution in [-0.2, 0) is 20.9 Å². The average molecular weight is 483 g/mol. The molecule has 1 aromatic carbocycles. The maximum absolute atomic E-state index is 12.7. The van der Waals surface area contributed by atoms with Crippen molar-refractivity contribution in [1.29, 1.82) is 0 Å². The molecular formula is C20H23F6N3O4. The summed E-state index contributed by atoms with van der Waals surface area (Å²) in [5.41, 5.74) is -0.267. The van der Waals surface area contributed by atoms with Crippen molar-refractivity contribution in [2.24, 2.45) is 11.8 Å². The van der Waals surface area contributed by atoms with Crippen LogP contribution in [0.3, 0.4) is 0 Å². The minimum atomic E-state index is -5.06. The first-order valence-corrected chi connectivity index (χ1v) is 10.0. The Labute approximate surface area is 185 Å². The van der Waals surface area contributed by atoms with Gasteiger partial charge in [-0.15, -0.1) is 0 Å². The Bertz CT molecular complexity index is 842. The summed E-state index contributed by atoms with van der Waals surface area (Å²) in [5.74, 6) is 0.100. The number of ketones is 1. The van der Waals surface area contributed by atoms with Crippen LogP contribution in [0.1, 0.15) is 41.6 Å². The van der Waals surface area contributed by atoms with Crippen molar-refractivity contribution in [3.8, 4) is 0 Å². The fourth-order valence-electron chi connectivity index (χ4n) is 3.50. The average Bonchev–Trinajstić information content (AvgIpc) is 2.74. The minimum absolute atomic E-state index is 0.155. The summed E-state index contributed by atoms with van der Waals surface area (Å²) in [7, 11) is 0. The molecule has 2 atom stereocenters. The Morgan fingerprint density at radius 2 is 1.70 bits per heavy atom. The van der Waals surface area contributed by atoms with Crippen molar-refractivity contribution in [1.82, 2.24) is 10.3 Å². The van der Waals surface area contributed by atoms with E-state index in [9.17, 15) is 40.7 Å². The lowest BCUT2D eigenvalue weighted by Gasteiger charge is -2.36. The lowest BCUT2D eigenvalue weighted by molar-refractivity contribution is -0.173. The Morgan fingerprint density at radius 1 is 1.06 bits per heavy atom. The van der Waals surface area contributed by atoms with Gasteiger partial charge in [-0.1, -0.05) is 30.7 Å². The molecule has 1 fully saturated rings. The summed E-state index contributed by atoms with van der Waals surface area (Å²) < 4.78 is 79.8. The van der Waals surface area contributed by atoms with Crippen LogP contribution in [0.2, 0.25) is 0 Å². The topological polar surface area (TPSA) is 102 Å². The van der Waals surface area contributed by atoms with Gasteiger partial charge in [-0.3, -0.25) is 20.2 Å². The SMILES string of the molecule is NN1CCCCC1C(CCNC(=O)C(F)(F)F)C(=O)OCc1ccc(C(=O)C(F)(F)F)cc1. The third-order valence-corrected chi connectivity index (χ3v) is 5.21. The van der Waals surface area contributed by atoms with E-state index in [0.29, 0.717) is 18.5 Å². The molecule has 0 radical (unpaired) electrons. The Kier molecular flexibility index (Phi) is 8.83. The van der Waals surface area contributed by atoms with E-state index in [0.717, 1.165) is 25.0 Å². The van der Waals surface area contributed by atoms with Crippen molar-refractivity contribution in [3.05, 3.63) is 35.4 Å². The number of Topliss-reactive ketones (excluding diaryl/α,β-unsaturated/α-hetero) is 1. The number of amides is 1. The molecule has 3 N–H and O–H groups in total. The number of hydrogen-bond donors (Lipinski definition) is 2. The van der Waals surface area contributed by atoms with Crippen LogP contribution in [0.25, 0.3) is 0 Å². The third kappa shape index (κ3) is 7.70. The standard InChI is InChI=1S/C20H23F6N3O4/c21-19(22,23)16(30)13-6-4-12(5-7-13)11-33-17(31)14(15-3-1-2-10-29(15)27)8-9-28-18(32)20(24,25)26/h4-7,14-15H,1-3,8-11,27H2,(H,28,32). The minimum Gasteiger partial charge on any atom is -0.461 e. The first-order valence-electron chi connectivity index (χ1n) is 10.0. The van der Waals surface area contributed by atoms with E-state index in [2.05, 4.69) is 0 Å². The number of benzene rings is 1. The highest BCUT2D eigenvalue weighted by atomic mass is 19.4. The molecule has 0 saturated carbocycles. The predicted molar refractivity (Wildman–Crippen MR) is 102 cm³/mol. The maximum atomic E-state index is 12.7. The number of nitrogens with one attached hydrogen (secondary N) is 1. The number of rotatable bonds is 8. The number of carbonyl (C=O) groups excluding carboxylic acids is 3. The number of carbonyl (C=O) groups is 3. The smallest absolute Gasteiger partial charge is 0.461 e. The van der Waals surface area contributed by atoms with Crippen LogP contribution in [0.4, 0.5) is 26.3 Å². The second-order valence-corrected chi connectivity index (χ2v) is 7.58. The second-order valence-electron chi connectivity index (χ2n) is 7.58. The molecule has 0 bridgehead atoms. The zero-order valence-electron chi connectivity index (χ0n) is 17.3. The molecule has 1 aliphatic rings. The predicted octanol–water partition coefficient (Wildman–Crippen LogP) is 2.89. The monoisotopic (exact) mass is 483 g/mol. The quantitative estimate of drug-likeness (QED) is 0.255. The normalized spacial score (nSPS) is 18.5. The van der Waals surface area contributed by atoms with Gasteiger partial charge in [0.1, 0.15) is 6.61 Å². The van der Waals surface area contributed by atoms with Gasteiger partial charge < -0.3 is 10.1 Å². The lowest BCUT2D eigenvalue weighted by atomic mass is 9.89. The van der Waals surface area contributed by atoms with Crippen LogP contribution in [0.5, 0.6) is 0 Å². The number of alkyl halides is 6. The van der Waals surface area contributed by atoms with Crippen molar-refractivity contribution in [2.75, 3.05) is 13.1 Å². The first-order chi connectivity index (χ1) is 15.3. The van der Waals surface area contributed by atoms with Crippen LogP contribution in [0.15, 0.2) is 24.3 Å². The van der Waals surface area contributed by atoms with Crippen molar-refractivity contribution in [3.63, 3.8) is 0 Å². The fraction of sp³-hybridized carbons (Fsp3) is 0.550. The molecule has 13 heteroatoms. The molecule has 2 unspecified atom stereocenters. The van der Waals surface area contributed by atoms with Gasteiger partial charge in [-0.25, -0.2) is 5.01 Å². The van der Waals surface area contributed by atoms with Gasteiger partial charge in [0.15, 0.2) is 0 Å². The number of nitrogens with zero attached hydrogens (tertiary/aromatic N) is 1. The Balaban J connectivity index is 2.02. The highest BCUT2D eigenvalue weighted by Gasteiger charge is 2.40. The molecule has 184 valence electrons. The zero-order valence-corrected chi connectivity index (χ0v) is 17.3. The summed E-state index contributed by atoms with van der Waals surface area (Å²) in [6.45, 7) is -0.295. The largest absolute Gasteiger partial charge is 0.471 e. The van der Waals surface area contributed by atoms with Crippen molar-refractivity contribution < 1.29 is 45.5 Å². The number of hydrazine groups is 1. The van der Waals surface area contributed by atoms with Crippen molar-refractivity contribution in [2.45, 2.75) is 50.7 Å². The van der Waals surface area contributed by atoms with Gasteiger partial charge in [-0.05, 0) is 24.8 Å². The van der Waals surface area contributed by atoms with E-state index >= 15 is 0 Å². The van der Waals surface area contributed by atoms with Gasteiger partial charge in [-0.2, -0.15) is 26.3 Å². The summed E-state index contributed by atoms with van der Waals surface area (Å²) in [5, 5.41) is 3.12. The van der Waals surface area contributed by atoms with Gasteiger partial charge >= 0.3 is 24.2 Å². The van der Waals surface area contributed by atoms with Gasteiger partial charge in [0.2, 0.25) is 0 Å². The maximum Gasteiger partial charge on any atom is 0.471 e. The molecule has 1 amide bonds. The Morgan fingerprint density at radius 3 is 2.24 bits per heavy atom. The number of ether oxygens (including phenoxy) is 1. The van der Waals surface area contributed by atoms with E-state index in [1.807, 2.05) is 0 Å². The molecule has 0 aromatic heterocycles. The van der Waals surface area contributed by atoms with E-state index in [1.165, 1.54) is 17.1 Å². The molecule has 1 aromatic rings. The molecule has 1 heterocycles. The number of halogens is 6. The number of esters is 1. The van der Waals surface area contributed by atoms with E-state index in [1.54, 1.807) is 5.32 Å². The van der Waals surface area contributed by atoms with Crippen LogP contribution >= 0.6 is 0 Å². The summed E-state index contributed by atoms with van der Waals surface area (Å²) in [4.78, 5) is 34.9. The summed E-state index contributed by atoms with van der Waals surface area (Å²) in [6, 6.07) is 3.78. The van der Waals surface area contributed by atoms with Crippen LogP contribution in [-0.4, -0.2) is 54.2 Å². The van der Waals surface area contributed by atoms with E-state index in [-0.39, 0.29) is 13.0 Å². The zero-order chi connectivity index (χ0) is 24.8. The highest BCUT2D eigenvalue weighted by Crippen LogP contribution is 2.26. The second kappa shape index (κ2) is 11.0. The molecule has 1 aliphatic heterocycles. The number of nitrogens with two attached hydrogens (primary N) is 1. The Hall–Kier alpha value is -2.67. The van der Waals surface area contributed by atoms with E-state index in [4.69, 9.17) is 10.6 Å². The van der Waals surface area contributed by atoms with Gasteiger partial charge in [0.25, 0.3) is 5.78 Å². The summed E-state index contributed by atoms with van der Waals surface area (Å²) in [6.07, 6.45) is -8.21. The molecule has 33 heavy (non-hydrogen) atoms. The highest BCUT2D eigenvalue weighted by molar-refractivity contribution is 6.00. The number of piperidine rings is 1. The third-order valence-electron chi connectivity index (χ3n) is 5.21. The molecule has 0 spiro atoms. The van der Waals surface area contributed by atoms with Gasteiger partial charge in [0.05, 0.1) is 5.92 Å². The van der Waals surface area contributed by atoms with Crippen LogP contribution in [0, 0.1) is 5.92 Å². The van der Waals surface area contributed by atoms with Crippen LogP contribution < -0.4 is 11.2 Å². The number of hydrogen-bond acceptors (Lipinski definition) is 6. The molecule has 0 aliphatic carbocycles. The van der Waals surface area contributed by atoms with Gasteiger partial charge in [0, 0.05) is 24.7 Å². The molecule has 1 saturated heterocycles. The molecular weight excluding hydrogens is 460 g/mol. The first kappa shape index (κ1) is 26.6. The lowest BCUT2D eigenvalue weighted by Crippen LogP contribution is -2.51.